The van der Waals surface area contributed by atoms with Crippen LogP contribution in [0.4, 0.5) is 0 Å². The minimum absolute atomic E-state index is 0. The van der Waals surface area contributed by atoms with Crippen LogP contribution in [0, 0.1) is 19.8 Å². The van der Waals surface area contributed by atoms with Crippen LogP contribution in [0.5, 0.6) is 0 Å². The molecule has 0 aliphatic carbocycles. The van der Waals surface area contributed by atoms with E-state index in [-0.39, 0.29) is 7.43 Å². The Labute approximate surface area is 314 Å². The minimum atomic E-state index is 0. The molecule has 0 spiro atoms. The zero-order chi connectivity index (χ0) is 37.4. The Morgan fingerprint density at radius 1 is 0.420 bits per heavy atom. The van der Waals surface area contributed by atoms with Crippen molar-refractivity contribution in [2.24, 2.45) is 5.92 Å². The molecule has 3 aromatic carbocycles. The van der Waals surface area contributed by atoms with Gasteiger partial charge >= 0.3 is 0 Å². The van der Waals surface area contributed by atoms with Gasteiger partial charge in [-0.05, 0) is 83.7 Å². The summed E-state index contributed by atoms with van der Waals surface area (Å²) in [6, 6.07) is 36.1. The lowest BCUT2D eigenvalue weighted by molar-refractivity contribution is 0.487. The van der Waals surface area contributed by atoms with Gasteiger partial charge in [-0.3, -0.25) is 0 Å². The van der Waals surface area contributed by atoms with Crippen LogP contribution in [0.25, 0.3) is 0 Å². The van der Waals surface area contributed by atoms with Gasteiger partial charge in [0.15, 0.2) is 0 Å². The van der Waals surface area contributed by atoms with E-state index in [4.69, 9.17) is 4.42 Å². The molecule has 5 rings (SSSR count). The standard InChI is InChI=1S/2C10H14.C9H12.C7H10O.C7H10S.C4H10.CH4/c2*1-8(2)10-6-4-9(3)5-7-10;1-8(2)9-6-4-3-5-7-9;2*1-6(2)7-4-3-5-8-7;1-4(2)3;/h2*4-8H,1-3H3;3-8H,1-2H3;2*3-6H,1-2H3;4H,1-3H3;1H4. The summed E-state index contributed by atoms with van der Waals surface area (Å²) in [7, 11) is 0. The number of furan rings is 1. The van der Waals surface area contributed by atoms with Crippen LogP contribution >= 0.6 is 11.3 Å². The Morgan fingerprint density at radius 2 is 0.820 bits per heavy atom. The molecule has 0 aliphatic heterocycles. The van der Waals surface area contributed by atoms with Gasteiger partial charge in [0.25, 0.3) is 0 Å². The first-order valence-electron chi connectivity index (χ1n) is 18.3. The number of rotatable bonds is 5. The maximum atomic E-state index is 5.09. The molecule has 50 heavy (non-hydrogen) atoms. The van der Waals surface area contributed by atoms with E-state index in [1.165, 1.54) is 32.7 Å². The lowest BCUT2D eigenvalue weighted by Crippen LogP contribution is -1.85. The Balaban J connectivity index is 0. The normalized spacial score (nSPS) is 10.0. The van der Waals surface area contributed by atoms with E-state index in [0.29, 0.717) is 29.6 Å². The van der Waals surface area contributed by atoms with E-state index in [2.05, 4.69) is 194 Å². The summed E-state index contributed by atoms with van der Waals surface area (Å²) in [4.78, 5) is 1.48. The lowest BCUT2D eigenvalue weighted by Gasteiger charge is -2.03. The number of benzene rings is 3. The molecule has 0 atom stereocenters. The number of aryl methyl sites for hydroxylation is 2. The fraction of sp³-hybridized carbons (Fsp3) is 0.458. The maximum Gasteiger partial charge on any atom is 0.106 e. The van der Waals surface area contributed by atoms with Crippen LogP contribution in [0.15, 0.2) is 119 Å². The molecule has 0 unspecified atom stereocenters. The van der Waals surface area contributed by atoms with E-state index in [0.717, 1.165) is 11.7 Å². The van der Waals surface area contributed by atoms with Crippen LogP contribution in [0.2, 0.25) is 0 Å². The molecule has 0 radical (unpaired) electrons. The molecule has 0 aliphatic rings. The van der Waals surface area contributed by atoms with E-state index in [1.54, 1.807) is 6.26 Å². The van der Waals surface area contributed by atoms with Crippen molar-refractivity contribution < 1.29 is 4.42 Å². The summed E-state index contributed by atoms with van der Waals surface area (Å²) in [5, 5.41) is 2.12. The van der Waals surface area contributed by atoms with Crippen molar-refractivity contribution in [3.8, 4) is 0 Å². The SMILES string of the molecule is C.CC(C)C.CC(C)c1ccccc1.CC(C)c1ccco1.CC(C)c1cccs1.Cc1ccc(C(C)C)cc1.Cc1ccc(C(C)C)cc1. The second-order valence-corrected chi connectivity index (χ2v) is 15.7. The molecule has 0 N–H and O–H groups in total. The minimum Gasteiger partial charge on any atom is -0.469 e. The van der Waals surface area contributed by atoms with E-state index in [1.807, 2.05) is 29.5 Å². The summed E-state index contributed by atoms with van der Waals surface area (Å²) < 4.78 is 5.09. The van der Waals surface area contributed by atoms with Crippen LogP contribution < -0.4 is 0 Å². The zero-order valence-electron chi connectivity index (χ0n) is 33.8. The van der Waals surface area contributed by atoms with Crippen molar-refractivity contribution in [1.82, 2.24) is 0 Å². The molecule has 0 saturated carbocycles. The molecule has 5 aromatic rings. The zero-order valence-corrected chi connectivity index (χ0v) is 34.6. The van der Waals surface area contributed by atoms with Gasteiger partial charge in [-0.1, -0.05) is 193 Å². The highest BCUT2D eigenvalue weighted by Crippen LogP contribution is 2.19. The van der Waals surface area contributed by atoms with Crippen LogP contribution in [0.3, 0.4) is 0 Å². The highest BCUT2D eigenvalue weighted by molar-refractivity contribution is 7.10. The van der Waals surface area contributed by atoms with Crippen molar-refractivity contribution in [2.45, 2.75) is 141 Å². The number of hydrogen-bond donors (Lipinski definition) is 0. The molecule has 2 aromatic heterocycles. The lowest BCUT2D eigenvalue weighted by atomic mass is 10.0. The van der Waals surface area contributed by atoms with Crippen molar-refractivity contribution in [2.75, 3.05) is 0 Å². The van der Waals surface area contributed by atoms with Gasteiger partial charge in [-0.15, -0.1) is 11.3 Å². The van der Waals surface area contributed by atoms with Gasteiger partial charge in [-0.2, -0.15) is 0 Å². The summed E-state index contributed by atoms with van der Waals surface area (Å²) in [6.07, 6.45) is 1.70. The Bertz CT molecular complexity index is 1300. The Morgan fingerprint density at radius 3 is 1.04 bits per heavy atom. The first kappa shape index (κ1) is 48.8. The third-order valence-electron chi connectivity index (χ3n) is 7.18. The molecular weight excluding hydrogens is 625 g/mol. The van der Waals surface area contributed by atoms with Gasteiger partial charge in [0, 0.05) is 10.8 Å². The average Bonchev–Trinajstić information content (AvgIpc) is 3.79. The van der Waals surface area contributed by atoms with Gasteiger partial charge in [0.2, 0.25) is 0 Å². The molecular formula is C48H74OS. The van der Waals surface area contributed by atoms with E-state index >= 15 is 0 Å². The van der Waals surface area contributed by atoms with E-state index < -0.39 is 0 Å². The van der Waals surface area contributed by atoms with Crippen LogP contribution in [0.1, 0.15) is 165 Å². The fourth-order valence-electron chi connectivity index (χ4n) is 3.98. The molecule has 0 bridgehead atoms. The molecule has 278 valence electrons. The molecule has 2 heteroatoms. The first-order chi connectivity index (χ1) is 23.0. The second kappa shape index (κ2) is 28.3. The van der Waals surface area contributed by atoms with Crippen molar-refractivity contribution in [1.29, 1.82) is 0 Å². The van der Waals surface area contributed by atoms with Gasteiger partial charge in [0.1, 0.15) is 5.76 Å². The number of thiophene rings is 1. The summed E-state index contributed by atoms with van der Waals surface area (Å²) in [5.41, 5.74) is 6.93. The molecule has 0 amide bonds. The topological polar surface area (TPSA) is 13.1 Å². The average molecular weight is 699 g/mol. The second-order valence-electron chi connectivity index (χ2n) is 14.8. The van der Waals surface area contributed by atoms with Gasteiger partial charge in [-0.25, -0.2) is 0 Å². The quantitative estimate of drug-likeness (QED) is 0.178. The smallest absolute Gasteiger partial charge is 0.106 e. The largest absolute Gasteiger partial charge is 0.469 e. The predicted molar refractivity (Wildman–Crippen MR) is 230 cm³/mol. The Kier molecular flexibility index (Phi) is 27.6. The molecule has 0 saturated heterocycles. The van der Waals surface area contributed by atoms with Crippen LogP contribution in [-0.4, -0.2) is 0 Å². The van der Waals surface area contributed by atoms with Crippen molar-refractivity contribution >= 4 is 11.3 Å². The van der Waals surface area contributed by atoms with Gasteiger partial charge in [0.05, 0.1) is 6.26 Å². The molecule has 0 fully saturated rings. The van der Waals surface area contributed by atoms with Crippen molar-refractivity contribution in [3.63, 3.8) is 0 Å². The first-order valence-corrected chi connectivity index (χ1v) is 19.2. The van der Waals surface area contributed by atoms with E-state index in [9.17, 15) is 0 Å². The summed E-state index contributed by atoms with van der Waals surface area (Å²) in [5.74, 6) is 5.08. The highest BCUT2D eigenvalue weighted by atomic mass is 32.1. The summed E-state index contributed by atoms with van der Waals surface area (Å²) in [6.45, 7) is 32.6. The Hall–Kier alpha value is -3.36. The molecule has 1 nitrogen and oxygen atoms in total. The van der Waals surface area contributed by atoms with Crippen molar-refractivity contribution in [3.05, 3.63) is 153 Å². The van der Waals surface area contributed by atoms with Crippen LogP contribution in [-0.2, 0) is 0 Å². The third-order valence-corrected chi connectivity index (χ3v) is 8.35. The fourth-order valence-corrected chi connectivity index (χ4v) is 4.72. The monoisotopic (exact) mass is 699 g/mol. The third kappa shape index (κ3) is 24.7. The molecule has 2 heterocycles. The summed E-state index contributed by atoms with van der Waals surface area (Å²) >= 11 is 1.83. The predicted octanol–water partition coefficient (Wildman–Crippen LogP) is 16.6. The van der Waals surface area contributed by atoms with Gasteiger partial charge < -0.3 is 4.42 Å². The maximum absolute atomic E-state index is 5.09. The number of hydrogen-bond acceptors (Lipinski definition) is 2. The highest BCUT2D eigenvalue weighted by Gasteiger charge is 1.99.